The lowest BCUT2D eigenvalue weighted by molar-refractivity contribution is 0.117. The lowest BCUT2D eigenvalue weighted by atomic mass is 9.94. The minimum absolute atomic E-state index is 0.0800. The lowest BCUT2D eigenvalue weighted by Gasteiger charge is -2.38. The average molecular weight is 236 g/mol. The van der Waals surface area contributed by atoms with E-state index in [1.54, 1.807) is 0 Å². The van der Waals surface area contributed by atoms with Crippen molar-refractivity contribution in [1.29, 1.82) is 0 Å². The summed E-state index contributed by atoms with van der Waals surface area (Å²) in [5, 5.41) is 4.18. The molecular weight excluding hydrogens is 212 g/mol. The SMILES string of the molecule is CC1CCC(C)N(CC(N)c2cnn(C)c2)C1. The number of aromatic nitrogens is 2. The Bertz CT molecular complexity index is 360. The van der Waals surface area contributed by atoms with Crippen LogP contribution in [-0.4, -0.2) is 33.8 Å². The van der Waals surface area contributed by atoms with Gasteiger partial charge in [0.15, 0.2) is 0 Å². The fourth-order valence-corrected chi connectivity index (χ4v) is 2.62. The molecule has 2 heterocycles. The maximum Gasteiger partial charge on any atom is 0.0537 e. The summed E-state index contributed by atoms with van der Waals surface area (Å²) >= 11 is 0. The molecule has 3 unspecified atom stereocenters. The summed E-state index contributed by atoms with van der Waals surface area (Å²) in [5.74, 6) is 0.798. The molecule has 0 aliphatic carbocycles. The minimum atomic E-state index is 0.0800. The molecule has 4 heteroatoms. The van der Waals surface area contributed by atoms with Crippen molar-refractivity contribution >= 4 is 0 Å². The maximum absolute atomic E-state index is 6.25. The molecule has 1 fully saturated rings. The number of nitrogens with two attached hydrogens (primary N) is 1. The number of hydrogen-bond acceptors (Lipinski definition) is 3. The van der Waals surface area contributed by atoms with Gasteiger partial charge in [0.1, 0.15) is 0 Å². The monoisotopic (exact) mass is 236 g/mol. The van der Waals surface area contributed by atoms with Gasteiger partial charge in [-0.25, -0.2) is 0 Å². The minimum Gasteiger partial charge on any atom is -0.323 e. The van der Waals surface area contributed by atoms with Gasteiger partial charge >= 0.3 is 0 Å². The number of piperidine rings is 1. The first-order chi connectivity index (χ1) is 8.06. The first-order valence-electron chi connectivity index (χ1n) is 6.54. The van der Waals surface area contributed by atoms with Gasteiger partial charge in [0.25, 0.3) is 0 Å². The summed E-state index contributed by atoms with van der Waals surface area (Å²) in [6.07, 6.45) is 6.53. The predicted molar refractivity (Wildman–Crippen MR) is 69.6 cm³/mol. The van der Waals surface area contributed by atoms with Gasteiger partial charge in [-0.3, -0.25) is 9.58 Å². The van der Waals surface area contributed by atoms with E-state index in [2.05, 4.69) is 23.8 Å². The summed E-state index contributed by atoms with van der Waals surface area (Å²) in [4.78, 5) is 2.52. The molecule has 0 saturated carbocycles. The normalized spacial score (nSPS) is 28.2. The van der Waals surface area contributed by atoms with E-state index in [-0.39, 0.29) is 6.04 Å². The molecule has 1 aliphatic heterocycles. The highest BCUT2D eigenvalue weighted by Crippen LogP contribution is 2.23. The quantitative estimate of drug-likeness (QED) is 0.866. The first-order valence-corrected chi connectivity index (χ1v) is 6.54. The Morgan fingerprint density at radius 1 is 1.47 bits per heavy atom. The van der Waals surface area contributed by atoms with Crippen molar-refractivity contribution in [3.63, 3.8) is 0 Å². The summed E-state index contributed by atoms with van der Waals surface area (Å²) < 4.78 is 1.82. The summed E-state index contributed by atoms with van der Waals surface area (Å²) in [6.45, 7) is 6.75. The zero-order valence-electron chi connectivity index (χ0n) is 11.1. The summed E-state index contributed by atoms with van der Waals surface area (Å²) in [6, 6.07) is 0.741. The molecule has 2 rings (SSSR count). The van der Waals surface area contributed by atoms with Crippen molar-refractivity contribution in [2.45, 2.75) is 38.8 Å². The second-order valence-corrected chi connectivity index (χ2v) is 5.54. The molecular formula is C13H24N4. The molecule has 96 valence electrons. The Kier molecular flexibility index (Phi) is 3.84. The third kappa shape index (κ3) is 3.07. The van der Waals surface area contributed by atoms with Gasteiger partial charge in [0.05, 0.1) is 6.20 Å². The highest BCUT2D eigenvalue weighted by molar-refractivity contribution is 5.10. The number of aryl methyl sites for hydroxylation is 1. The molecule has 0 spiro atoms. The van der Waals surface area contributed by atoms with Crippen LogP contribution in [0.4, 0.5) is 0 Å². The van der Waals surface area contributed by atoms with Crippen molar-refractivity contribution in [2.24, 2.45) is 18.7 Å². The second-order valence-electron chi connectivity index (χ2n) is 5.54. The first kappa shape index (κ1) is 12.6. The molecule has 1 saturated heterocycles. The van der Waals surface area contributed by atoms with Crippen LogP contribution in [0.1, 0.15) is 38.3 Å². The highest BCUT2D eigenvalue weighted by atomic mass is 15.2. The topological polar surface area (TPSA) is 47.1 Å². The van der Waals surface area contributed by atoms with Gasteiger partial charge in [-0.05, 0) is 25.7 Å². The predicted octanol–water partition coefficient (Wildman–Crippen LogP) is 1.54. The standard InChI is InChI=1S/C13H24N4/c1-10-4-5-11(2)17(7-10)9-13(14)12-6-15-16(3)8-12/h6,8,10-11,13H,4-5,7,9,14H2,1-3H3. The molecule has 0 radical (unpaired) electrons. The lowest BCUT2D eigenvalue weighted by Crippen LogP contribution is -2.44. The zero-order valence-corrected chi connectivity index (χ0v) is 11.1. The largest absolute Gasteiger partial charge is 0.323 e. The summed E-state index contributed by atoms with van der Waals surface area (Å²) in [7, 11) is 1.93. The molecule has 4 nitrogen and oxygen atoms in total. The van der Waals surface area contributed by atoms with Gasteiger partial charge in [0.2, 0.25) is 0 Å². The highest BCUT2D eigenvalue weighted by Gasteiger charge is 2.24. The van der Waals surface area contributed by atoms with Crippen molar-refractivity contribution in [1.82, 2.24) is 14.7 Å². The van der Waals surface area contributed by atoms with Gasteiger partial charge in [0, 0.05) is 44.0 Å². The van der Waals surface area contributed by atoms with Crippen molar-refractivity contribution in [2.75, 3.05) is 13.1 Å². The van der Waals surface area contributed by atoms with Crippen LogP contribution in [0, 0.1) is 5.92 Å². The third-order valence-electron chi connectivity index (χ3n) is 3.83. The van der Waals surface area contributed by atoms with Crippen molar-refractivity contribution in [3.05, 3.63) is 18.0 Å². The van der Waals surface area contributed by atoms with Crippen LogP contribution in [0.2, 0.25) is 0 Å². The van der Waals surface area contributed by atoms with E-state index in [0.29, 0.717) is 6.04 Å². The fourth-order valence-electron chi connectivity index (χ4n) is 2.62. The Morgan fingerprint density at radius 3 is 2.88 bits per heavy atom. The van der Waals surface area contributed by atoms with E-state index in [4.69, 9.17) is 5.73 Å². The number of hydrogen-bond donors (Lipinski definition) is 1. The van der Waals surface area contributed by atoms with E-state index in [0.717, 1.165) is 18.0 Å². The van der Waals surface area contributed by atoms with Crippen LogP contribution >= 0.6 is 0 Å². The molecule has 0 bridgehead atoms. The molecule has 0 amide bonds. The molecule has 2 N–H and O–H groups in total. The van der Waals surface area contributed by atoms with Crippen molar-refractivity contribution < 1.29 is 0 Å². The van der Waals surface area contributed by atoms with Gasteiger partial charge in [-0.15, -0.1) is 0 Å². The van der Waals surface area contributed by atoms with Crippen molar-refractivity contribution in [3.8, 4) is 0 Å². The van der Waals surface area contributed by atoms with Crippen LogP contribution in [0.15, 0.2) is 12.4 Å². The Morgan fingerprint density at radius 2 is 2.24 bits per heavy atom. The van der Waals surface area contributed by atoms with Crippen LogP contribution in [0.5, 0.6) is 0 Å². The Balaban J connectivity index is 1.95. The second kappa shape index (κ2) is 5.19. The molecule has 17 heavy (non-hydrogen) atoms. The molecule has 1 aromatic heterocycles. The smallest absolute Gasteiger partial charge is 0.0537 e. The van der Waals surface area contributed by atoms with E-state index in [9.17, 15) is 0 Å². The van der Waals surface area contributed by atoms with E-state index in [1.165, 1.54) is 19.4 Å². The van der Waals surface area contributed by atoms with Crippen LogP contribution < -0.4 is 5.73 Å². The molecule has 1 aromatic rings. The Hall–Kier alpha value is -0.870. The number of nitrogens with zero attached hydrogens (tertiary/aromatic N) is 3. The van der Waals surface area contributed by atoms with Gasteiger partial charge < -0.3 is 5.73 Å². The van der Waals surface area contributed by atoms with Crippen LogP contribution in [0.3, 0.4) is 0 Å². The number of likely N-dealkylation sites (tertiary alicyclic amines) is 1. The number of rotatable bonds is 3. The third-order valence-corrected chi connectivity index (χ3v) is 3.83. The molecule has 1 aliphatic rings. The molecule has 0 aromatic carbocycles. The zero-order chi connectivity index (χ0) is 12.4. The van der Waals surface area contributed by atoms with E-state index < -0.39 is 0 Å². The maximum atomic E-state index is 6.25. The van der Waals surface area contributed by atoms with Gasteiger partial charge in [-0.1, -0.05) is 6.92 Å². The van der Waals surface area contributed by atoms with E-state index in [1.807, 2.05) is 24.1 Å². The van der Waals surface area contributed by atoms with Crippen LogP contribution in [-0.2, 0) is 7.05 Å². The van der Waals surface area contributed by atoms with Gasteiger partial charge in [-0.2, -0.15) is 5.10 Å². The fraction of sp³-hybridized carbons (Fsp3) is 0.769. The summed E-state index contributed by atoms with van der Waals surface area (Å²) in [5.41, 5.74) is 7.39. The Labute approximate surface area is 104 Å². The molecule has 3 atom stereocenters. The van der Waals surface area contributed by atoms with E-state index >= 15 is 0 Å². The average Bonchev–Trinajstić information content (AvgIpc) is 2.70. The van der Waals surface area contributed by atoms with Crippen LogP contribution in [0.25, 0.3) is 0 Å².